The van der Waals surface area contributed by atoms with Crippen molar-refractivity contribution in [3.63, 3.8) is 0 Å². The Morgan fingerprint density at radius 3 is 2.44 bits per heavy atom. The van der Waals surface area contributed by atoms with Crippen molar-refractivity contribution in [3.8, 4) is 17.0 Å². The zero-order chi connectivity index (χ0) is 19.2. The molecule has 0 atom stereocenters. The molecule has 0 aliphatic heterocycles. The zero-order valence-electron chi connectivity index (χ0n) is 15.8. The lowest BCUT2D eigenvalue weighted by Crippen LogP contribution is -2.13. The number of nitrogens with zero attached hydrogens (tertiary/aromatic N) is 1. The highest BCUT2D eigenvalue weighted by Crippen LogP contribution is 2.24. The first-order chi connectivity index (χ1) is 13.0. The third kappa shape index (κ3) is 4.79. The van der Waals surface area contributed by atoms with Crippen molar-refractivity contribution in [2.24, 2.45) is 0 Å². The average Bonchev–Trinajstić information content (AvgIpc) is 3.05. The number of carboxylic acid groups (broad SMARTS) is 1. The van der Waals surface area contributed by atoms with Crippen LogP contribution in [0.1, 0.15) is 23.2 Å². The van der Waals surface area contributed by atoms with E-state index in [0.717, 1.165) is 28.3 Å². The van der Waals surface area contributed by atoms with Crippen LogP contribution in [0.2, 0.25) is 0 Å². The third-order valence-electron chi connectivity index (χ3n) is 4.68. The Kier molecular flexibility index (Phi) is 5.97. The standard InChI is InChI=1S/C23H25NO3/c1-17-7-9-19(10-8-17)21-13-11-20(12-14-23(25)26)24(21)15-16-27-22-6-4-3-5-18(22)2/h3-11,13H,12,14-16H2,1-2H3,(H,25,26). The largest absolute Gasteiger partial charge is 0.491 e. The van der Waals surface area contributed by atoms with Gasteiger partial charge in [-0.05, 0) is 49.6 Å². The highest BCUT2D eigenvalue weighted by Gasteiger charge is 2.12. The number of carboxylic acids is 1. The van der Waals surface area contributed by atoms with Crippen molar-refractivity contribution in [3.05, 3.63) is 77.5 Å². The smallest absolute Gasteiger partial charge is 0.303 e. The Morgan fingerprint density at radius 1 is 1.00 bits per heavy atom. The molecule has 1 aromatic heterocycles. The molecule has 27 heavy (non-hydrogen) atoms. The number of ether oxygens (including phenoxy) is 1. The fourth-order valence-electron chi connectivity index (χ4n) is 3.17. The van der Waals surface area contributed by atoms with Crippen LogP contribution in [0.25, 0.3) is 11.3 Å². The number of hydrogen-bond acceptors (Lipinski definition) is 2. The van der Waals surface area contributed by atoms with Crippen molar-refractivity contribution < 1.29 is 14.6 Å². The summed E-state index contributed by atoms with van der Waals surface area (Å²) < 4.78 is 8.14. The van der Waals surface area contributed by atoms with E-state index in [2.05, 4.69) is 41.8 Å². The van der Waals surface area contributed by atoms with Gasteiger partial charge in [-0.2, -0.15) is 0 Å². The number of aromatic nitrogens is 1. The Balaban J connectivity index is 1.81. The van der Waals surface area contributed by atoms with Gasteiger partial charge in [0.1, 0.15) is 12.4 Å². The molecule has 0 radical (unpaired) electrons. The molecule has 0 spiro atoms. The van der Waals surface area contributed by atoms with E-state index in [1.165, 1.54) is 5.56 Å². The first-order valence-corrected chi connectivity index (χ1v) is 9.20. The molecule has 0 fully saturated rings. The van der Waals surface area contributed by atoms with Crippen molar-refractivity contribution in [1.82, 2.24) is 4.57 Å². The second-order valence-electron chi connectivity index (χ2n) is 6.74. The molecule has 1 heterocycles. The van der Waals surface area contributed by atoms with E-state index >= 15 is 0 Å². The van der Waals surface area contributed by atoms with Crippen molar-refractivity contribution >= 4 is 5.97 Å². The predicted octanol–water partition coefficient (Wildman–Crippen LogP) is 4.87. The van der Waals surface area contributed by atoms with Gasteiger partial charge in [-0.25, -0.2) is 0 Å². The summed E-state index contributed by atoms with van der Waals surface area (Å²) in [5.74, 6) is 0.101. The maximum absolute atomic E-state index is 11.0. The van der Waals surface area contributed by atoms with Gasteiger partial charge in [0, 0.05) is 11.4 Å². The maximum Gasteiger partial charge on any atom is 0.303 e. The summed E-state index contributed by atoms with van der Waals surface area (Å²) in [4.78, 5) is 11.0. The summed E-state index contributed by atoms with van der Waals surface area (Å²) in [5, 5.41) is 9.04. The maximum atomic E-state index is 11.0. The minimum Gasteiger partial charge on any atom is -0.491 e. The van der Waals surface area contributed by atoms with E-state index in [4.69, 9.17) is 9.84 Å². The van der Waals surface area contributed by atoms with Crippen LogP contribution in [-0.2, 0) is 17.8 Å². The second kappa shape index (κ2) is 8.58. The van der Waals surface area contributed by atoms with Crippen molar-refractivity contribution in [1.29, 1.82) is 0 Å². The van der Waals surface area contributed by atoms with Crippen LogP contribution in [-0.4, -0.2) is 22.2 Å². The molecule has 0 aliphatic carbocycles. The van der Waals surface area contributed by atoms with Crippen LogP contribution in [0.15, 0.2) is 60.7 Å². The monoisotopic (exact) mass is 363 g/mol. The summed E-state index contributed by atoms with van der Waals surface area (Å²) in [6.45, 7) is 5.29. The number of hydrogen-bond donors (Lipinski definition) is 1. The van der Waals surface area contributed by atoms with Gasteiger partial charge in [-0.15, -0.1) is 0 Å². The Labute approximate surface area is 160 Å². The molecule has 2 aromatic carbocycles. The quantitative estimate of drug-likeness (QED) is 0.621. The van der Waals surface area contributed by atoms with Crippen LogP contribution >= 0.6 is 0 Å². The molecule has 3 rings (SSSR count). The van der Waals surface area contributed by atoms with E-state index in [-0.39, 0.29) is 6.42 Å². The lowest BCUT2D eigenvalue weighted by atomic mass is 10.1. The lowest BCUT2D eigenvalue weighted by molar-refractivity contribution is -0.136. The summed E-state index contributed by atoms with van der Waals surface area (Å²) in [6.07, 6.45) is 0.627. The number of benzene rings is 2. The molecule has 4 nitrogen and oxygen atoms in total. The lowest BCUT2D eigenvalue weighted by Gasteiger charge is -2.15. The minimum absolute atomic E-state index is 0.121. The van der Waals surface area contributed by atoms with Gasteiger partial charge in [0.25, 0.3) is 0 Å². The highest BCUT2D eigenvalue weighted by atomic mass is 16.5. The van der Waals surface area contributed by atoms with Gasteiger partial charge in [0.2, 0.25) is 0 Å². The summed E-state index contributed by atoms with van der Waals surface area (Å²) in [7, 11) is 0. The van der Waals surface area contributed by atoms with Crippen LogP contribution in [0, 0.1) is 13.8 Å². The fraction of sp³-hybridized carbons (Fsp3) is 0.261. The molecule has 140 valence electrons. The molecule has 4 heteroatoms. The van der Waals surface area contributed by atoms with E-state index in [0.29, 0.717) is 19.6 Å². The van der Waals surface area contributed by atoms with Gasteiger partial charge in [0.05, 0.1) is 13.0 Å². The zero-order valence-corrected chi connectivity index (χ0v) is 15.8. The van der Waals surface area contributed by atoms with Crippen LogP contribution < -0.4 is 4.74 Å². The van der Waals surface area contributed by atoms with Gasteiger partial charge in [-0.1, -0.05) is 48.0 Å². The van der Waals surface area contributed by atoms with Gasteiger partial charge in [0.15, 0.2) is 0 Å². The molecule has 0 aliphatic rings. The number of aliphatic carboxylic acids is 1. The molecule has 3 aromatic rings. The molecule has 0 unspecified atom stereocenters. The predicted molar refractivity (Wildman–Crippen MR) is 107 cm³/mol. The molecular weight excluding hydrogens is 338 g/mol. The summed E-state index contributed by atoms with van der Waals surface area (Å²) in [5.41, 5.74) is 5.55. The van der Waals surface area contributed by atoms with Gasteiger partial charge in [-0.3, -0.25) is 4.79 Å². The number of carbonyl (C=O) groups is 1. The Hall–Kier alpha value is -3.01. The van der Waals surface area contributed by atoms with Gasteiger partial charge < -0.3 is 14.4 Å². The number of rotatable bonds is 8. The van der Waals surface area contributed by atoms with Crippen LogP contribution in [0.4, 0.5) is 0 Å². The van der Waals surface area contributed by atoms with Crippen LogP contribution in [0.3, 0.4) is 0 Å². The molecule has 0 amide bonds. The molecule has 1 N–H and O–H groups in total. The highest BCUT2D eigenvalue weighted by molar-refractivity contribution is 5.67. The molecule has 0 saturated heterocycles. The van der Waals surface area contributed by atoms with E-state index in [9.17, 15) is 4.79 Å². The number of para-hydroxylation sites is 1. The summed E-state index contributed by atoms with van der Waals surface area (Å²) >= 11 is 0. The minimum atomic E-state index is -0.782. The SMILES string of the molecule is Cc1ccc(-c2ccc(CCC(=O)O)n2CCOc2ccccc2C)cc1. The first kappa shape index (κ1) is 18.8. The number of aryl methyl sites for hydroxylation is 3. The van der Waals surface area contributed by atoms with Crippen LogP contribution in [0.5, 0.6) is 5.75 Å². The normalized spacial score (nSPS) is 10.7. The fourth-order valence-corrected chi connectivity index (χ4v) is 3.17. The third-order valence-corrected chi connectivity index (χ3v) is 4.68. The Morgan fingerprint density at radius 2 is 1.74 bits per heavy atom. The van der Waals surface area contributed by atoms with E-state index in [1.807, 2.05) is 37.3 Å². The topological polar surface area (TPSA) is 51.5 Å². The van der Waals surface area contributed by atoms with E-state index < -0.39 is 5.97 Å². The molecule has 0 bridgehead atoms. The summed E-state index contributed by atoms with van der Waals surface area (Å²) in [6, 6.07) is 20.4. The molecular formula is C23H25NO3. The van der Waals surface area contributed by atoms with Gasteiger partial charge >= 0.3 is 5.97 Å². The van der Waals surface area contributed by atoms with E-state index in [1.54, 1.807) is 0 Å². The average molecular weight is 363 g/mol. The second-order valence-corrected chi connectivity index (χ2v) is 6.74. The Bertz CT molecular complexity index is 910. The van der Waals surface area contributed by atoms with Crippen molar-refractivity contribution in [2.45, 2.75) is 33.2 Å². The first-order valence-electron chi connectivity index (χ1n) is 9.20. The van der Waals surface area contributed by atoms with Crippen molar-refractivity contribution in [2.75, 3.05) is 6.61 Å². The molecule has 0 saturated carbocycles.